The molecule has 0 aromatic rings. The molecule has 0 aliphatic rings. The van der Waals surface area contributed by atoms with Crippen molar-refractivity contribution in [3.63, 3.8) is 0 Å². The van der Waals surface area contributed by atoms with E-state index in [1.807, 2.05) is 62.3 Å². The number of rotatable bonds is 8. The van der Waals surface area contributed by atoms with Crippen LogP contribution >= 0.6 is 0 Å². The van der Waals surface area contributed by atoms with Gasteiger partial charge in [-0.2, -0.15) is 0 Å². The summed E-state index contributed by atoms with van der Waals surface area (Å²) in [5.41, 5.74) is 0. The van der Waals surface area contributed by atoms with Crippen molar-refractivity contribution in [2.45, 2.75) is 114 Å². The molecular formula is C23H49N3O6. The molecule has 0 aromatic heterocycles. The molecule has 0 unspecified atom stereocenters. The van der Waals surface area contributed by atoms with Gasteiger partial charge in [-0.15, -0.1) is 0 Å². The summed E-state index contributed by atoms with van der Waals surface area (Å²) in [5.74, 6) is 0.244. The molecule has 32 heavy (non-hydrogen) atoms. The van der Waals surface area contributed by atoms with E-state index in [1.165, 1.54) is 13.8 Å². The first-order valence-corrected chi connectivity index (χ1v) is 11.2. The number of hydrogen-bond acceptors (Lipinski definition) is 6. The van der Waals surface area contributed by atoms with Crippen LogP contribution in [0.25, 0.3) is 0 Å². The second kappa shape index (κ2) is 25.1. The molecule has 0 radical (unpaired) electrons. The number of Topliss-reactive ketones (excluding diaryl/α,β-unsaturated/α-hetero) is 1. The number of ether oxygens (including phenoxy) is 2. The first kappa shape index (κ1) is 37.2. The lowest BCUT2D eigenvalue weighted by molar-refractivity contribution is -0.123. The average Bonchev–Trinajstić information content (AvgIpc) is 2.59. The SMILES string of the molecule is CC(=O)COC(C)C.CC(=O)NC(C)C.CCC(=O)NC(C)C.CCOC(=O)NC(C)C. The van der Waals surface area contributed by atoms with Crippen LogP contribution in [0.2, 0.25) is 0 Å². The standard InChI is InChI=1S/C6H13NO2.C6H13NO.C6H12O2.C5H11NO/c1-4-9-6(8)7-5(2)3;1-4-6(8)7-5(2)3;1-5(2)8-4-6(3)7;1-4(2)6-5(3)7/h5H,4H2,1-3H3,(H,7,8);5H,4H2,1-3H3,(H,7,8);5H,4H2,1-3H3;4H,1-3H3,(H,6,7). The number of ketones is 1. The first-order valence-electron chi connectivity index (χ1n) is 11.2. The molecule has 192 valence electrons. The van der Waals surface area contributed by atoms with E-state index in [0.29, 0.717) is 13.0 Å². The van der Waals surface area contributed by atoms with Crippen LogP contribution in [0.1, 0.15) is 89.5 Å². The van der Waals surface area contributed by atoms with E-state index >= 15 is 0 Å². The van der Waals surface area contributed by atoms with Gasteiger partial charge in [-0.25, -0.2) is 4.79 Å². The fourth-order valence-electron chi connectivity index (χ4n) is 1.52. The third-order valence-corrected chi connectivity index (χ3v) is 2.56. The predicted molar refractivity (Wildman–Crippen MR) is 130 cm³/mol. The Labute approximate surface area is 195 Å². The van der Waals surface area contributed by atoms with Gasteiger partial charge >= 0.3 is 6.09 Å². The Bertz CT molecular complexity index is 492. The van der Waals surface area contributed by atoms with Crippen LogP contribution in [0, 0.1) is 0 Å². The molecule has 0 atom stereocenters. The third-order valence-electron chi connectivity index (χ3n) is 2.56. The van der Waals surface area contributed by atoms with E-state index in [0.717, 1.165) is 0 Å². The Morgan fingerprint density at radius 1 is 0.719 bits per heavy atom. The van der Waals surface area contributed by atoms with E-state index in [1.54, 1.807) is 6.92 Å². The number of amides is 3. The number of hydrogen-bond donors (Lipinski definition) is 3. The van der Waals surface area contributed by atoms with Gasteiger partial charge in [0.2, 0.25) is 11.8 Å². The number of carbonyl (C=O) groups is 4. The lowest BCUT2D eigenvalue weighted by atomic mass is 10.3. The van der Waals surface area contributed by atoms with Gasteiger partial charge in [0.25, 0.3) is 0 Å². The first-order chi connectivity index (χ1) is 14.6. The van der Waals surface area contributed by atoms with Gasteiger partial charge in [0.15, 0.2) is 5.78 Å². The summed E-state index contributed by atoms with van der Waals surface area (Å²) >= 11 is 0. The summed E-state index contributed by atoms with van der Waals surface area (Å²) in [6.45, 7) is 22.7. The highest BCUT2D eigenvalue weighted by Gasteiger charge is 2.00. The van der Waals surface area contributed by atoms with E-state index in [2.05, 4.69) is 20.7 Å². The quantitative estimate of drug-likeness (QED) is 0.505. The summed E-state index contributed by atoms with van der Waals surface area (Å²) in [4.78, 5) is 41.4. The molecule has 0 aromatic carbocycles. The Morgan fingerprint density at radius 3 is 1.31 bits per heavy atom. The van der Waals surface area contributed by atoms with Crippen LogP contribution in [0.5, 0.6) is 0 Å². The Hall–Kier alpha value is -2.16. The highest BCUT2D eigenvalue weighted by Crippen LogP contribution is 1.86. The second-order valence-electron chi connectivity index (χ2n) is 8.01. The Morgan fingerprint density at radius 2 is 1.16 bits per heavy atom. The lowest BCUT2D eigenvalue weighted by Crippen LogP contribution is -2.30. The molecule has 9 nitrogen and oxygen atoms in total. The van der Waals surface area contributed by atoms with Gasteiger partial charge in [-0.05, 0) is 69.2 Å². The maximum atomic E-state index is 10.5. The smallest absolute Gasteiger partial charge is 0.407 e. The lowest BCUT2D eigenvalue weighted by Gasteiger charge is -2.06. The van der Waals surface area contributed by atoms with Gasteiger partial charge < -0.3 is 25.4 Å². The van der Waals surface area contributed by atoms with Crippen molar-refractivity contribution in [3.05, 3.63) is 0 Å². The number of alkyl carbamates (subject to hydrolysis) is 1. The largest absolute Gasteiger partial charge is 0.450 e. The molecule has 0 fully saturated rings. The molecule has 0 heterocycles. The Balaban J connectivity index is -0.000000164. The van der Waals surface area contributed by atoms with E-state index in [-0.39, 0.29) is 54.5 Å². The van der Waals surface area contributed by atoms with Crippen molar-refractivity contribution in [1.29, 1.82) is 0 Å². The molecule has 0 rings (SSSR count). The van der Waals surface area contributed by atoms with Crippen molar-refractivity contribution in [2.24, 2.45) is 0 Å². The summed E-state index contributed by atoms with van der Waals surface area (Å²) in [7, 11) is 0. The molecule has 0 aliphatic heterocycles. The van der Waals surface area contributed by atoms with E-state index in [9.17, 15) is 19.2 Å². The van der Waals surface area contributed by atoms with Gasteiger partial charge in [0.1, 0.15) is 6.61 Å². The minimum atomic E-state index is -0.340. The highest BCUT2D eigenvalue weighted by atomic mass is 16.5. The zero-order valence-corrected chi connectivity index (χ0v) is 22.4. The molecule has 3 N–H and O–H groups in total. The van der Waals surface area contributed by atoms with Crippen LogP contribution in [-0.2, 0) is 23.9 Å². The molecule has 0 saturated carbocycles. The van der Waals surface area contributed by atoms with Gasteiger partial charge in [-0.1, -0.05) is 6.92 Å². The van der Waals surface area contributed by atoms with Crippen molar-refractivity contribution in [2.75, 3.05) is 13.2 Å². The summed E-state index contributed by atoms with van der Waals surface area (Å²) in [6, 6.07) is 0.712. The van der Waals surface area contributed by atoms with Crippen LogP contribution in [-0.4, -0.2) is 61.1 Å². The van der Waals surface area contributed by atoms with Crippen LogP contribution in [0.4, 0.5) is 4.79 Å². The predicted octanol–water partition coefficient (Wildman–Crippen LogP) is 3.59. The zero-order valence-electron chi connectivity index (χ0n) is 22.4. The second-order valence-corrected chi connectivity index (χ2v) is 8.01. The highest BCUT2D eigenvalue weighted by molar-refractivity contribution is 5.76. The van der Waals surface area contributed by atoms with Crippen molar-refractivity contribution in [3.8, 4) is 0 Å². The van der Waals surface area contributed by atoms with Gasteiger partial charge in [-0.3, -0.25) is 14.4 Å². The summed E-state index contributed by atoms with van der Waals surface area (Å²) in [6.07, 6.45) is 0.407. The minimum absolute atomic E-state index is 0.0370. The van der Waals surface area contributed by atoms with Crippen LogP contribution < -0.4 is 16.0 Å². The monoisotopic (exact) mass is 463 g/mol. The van der Waals surface area contributed by atoms with Crippen molar-refractivity contribution < 1.29 is 28.7 Å². The zero-order chi connectivity index (χ0) is 26.3. The van der Waals surface area contributed by atoms with Crippen LogP contribution in [0.15, 0.2) is 0 Å². The topological polar surface area (TPSA) is 123 Å². The fraction of sp³-hybridized carbons (Fsp3) is 0.826. The molecular weight excluding hydrogens is 414 g/mol. The number of carbonyl (C=O) groups excluding carboxylic acids is 4. The number of nitrogens with one attached hydrogen (secondary N) is 3. The maximum absolute atomic E-state index is 10.5. The third kappa shape index (κ3) is 51.0. The minimum Gasteiger partial charge on any atom is -0.450 e. The van der Waals surface area contributed by atoms with Crippen molar-refractivity contribution >= 4 is 23.7 Å². The maximum Gasteiger partial charge on any atom is 0.407 e. The normalized spacial score (nSPS) is 9.50. The Kier molecular flexibility index (Phi) is 29.2. The van der Waals surface area contributed by atoms with E-state index < -0.39 is 0 Å². The average molecular weight is 464 g/mol. The molecule has 9 heteroatoms. The molecule has 3 amide bonds. The van der Waals surface area contributed by atoms with Crippen LogP contribution in [0.3, 0.4) is 0 Å². The molecule has 0 spiro atoms. The van der Waals surface area contributed by atoms with Crippen molar-refractivity contribution in [1.82, 2.24) is 16.0 Å². The van der Waals surface area contributed by atoms with Gasteiger partial charge in [0, 0.05) is 31.5 Å². The summed E-state index contributed by atoms with van der Waals surface area (Å²) in [5, 5.41) is 8.00. The van der Waals surface area contributed by atoms with Gasteiger partial charge in [0.05, 0.1) is 12.7 Å². The van der Waals surface area contributed by atoms with E-state index in [4.69, 9.17) is 4.74 Å². The molecule has 0 bridgehead atoms. The summed E-state index contributed by atoms with van der Waals surface area (Å²) < 4.78 is 9.56. The molecule has 0 aliphatic carbocycles. The molecule has 0 saturated heterocycles. The fourth-order valence-corrected chi connectivity index (χ4v) is 1.52.